The van der Waals surface area contributed by atoms with E-state index in [0.29, 0.717) is 6.04 Å². The highest BCUT2D eigenvalue weighted by Gasteiger charge is 2.04. The van der Waals surface area contributed by atoms with Crippen LogP contribution in [0.25, 0.3) is 11.1 Å². The van der Waals surface area contributed by atoms with E-state index in [1.165, 1.54) is 16.7 Å². The minimum atomic E-state index is 0.582. The molecule has 2 aromatic carbocycles. The Morgan fingerprint density at radius 1 is 0.833 bits per heavy atom. The lowest BCUT2D eigenvalue weighted by molar-refractivity contribution is 0.266. The predicted molar refractivity (Wildman–Crippen MR) is 78.5 cm³/mol. The van der Waals surface area contributed by atoms with E-state index in [4.69, 9.17) is 0 Å². The van der Waals surface area contributed by atoms with Gasteiger partial charge in [-0.2, -0.15) is 0 Å². The smallest absolute Gasteiger partial charge is 0.0233 e. The van der Waals surface area contributed by atoms with Gasteiger partial charge in [0, 0.05) is 12.6 Å². The van der Waals surface area contributed by atoms with E-state index in [1.807, 2.05) is 0 Å². The fourth-order valence-corrected chi connectivity index (χ4v) is 1.90. The number of hydrogen-bond acceptors (Lipinski definition) is 1. The summed E-state index contributed by atoms with van der Waals surface area (Å²) >= 11 is 0. The zero-order valence-corrected chi connectivity index (χ0v) is 11.4. The molecule has 0 radical (unpaired) electrons. The van der Waals surface area contributed by atoms with E-state index < -0.39 is 0 Å². The zero-order chi connectivity index (χ0) is 13.0. The van der Waals surface area contributed by atoms with E-state index in [0.717, 1.165) is 6.54 Å². The van der Waals surface area contributed by atoms with Gasteiger partial charge in [-0.15, -0.1) is 0 Å². The number of hydrogen-bond donors (Lipinski definition) is 0. The summed E-state index contributed by atoms with van der Waals surface area (Å²) in [5.74, 6) is 0. The molecule has 0 aromatic heterocycles. The highest BCUT2D eigenvalue weighted by atomic mass is 15.1. The minimum absolute atomic E-state index is 0.582. The molecule has 0 N–H and O–H groups in total. The minimum Gasteiger partial charge on any atom is -0.300 e. The van der Waals surface area contributed by atoms with Crippen LogP contribution in [0.15, 0.2) is 54.6 Å². The molecule has 0 amide bonds. The summed E-state index contributed by atoms with van der Waals surface area (Å²) in [4.78, 5) is 2.34. The van der Waals surface area contributed by atoms with E-state index in [1.54, 1.807) is 0 Å². The van der Waals surface area contributed by atoms with Crippen molar-refractivity contribution in [3.63, 3.8) is 0 Å². The Kier molecular flexibility index (Phi) is 4.16. The summed E-state index contributed by atoms with van der Waals surface area (Å²) in [7, 11) is 2.16. The molecule has 0 saturated carbocycles. The van der Waals surface area contributed by atoms with Crippen LogP contribution >= 0.6 is 0 Å². The van der Waals surface area contributed by atoms with Crippen LogP contribution in [0.4, 0.5) is 0 Å². The first kappa shape index (κ1) is 12.8. The van der Waals surface area contributed by atoms with Gasteiger partial charge in [0.2, 0.25) is 0 Å². The second-order valence-corrected chi connectivity index (χ2v) is 5.07. The molecular weight excluding hydrogens is 218 g/mol. The van der Waals surface area contributed by atoms with Crippen LogP contribution in [0.3, 0.4) is 0 Å². The van der Waals surface area contributed by atoms with Gasteiger partial charge < -0.3 is 0 Å². The third kappa shape index (κ3) is 3.21. The molecule has 0 bridgehead atoms. The molecule has 1 nitrogen and oxygen atoms in total. The lowest BCUT2D eigenvalue weighted by Gasteiger charge is -2.21. The molecule has 18 heavy (non-hydrogen) atoms. The Morgan fingerprint density at radius 3 is 1.94 bits per heavy atom. The molecule has 0 aliphatic rings. The monoisotopic (exact) mass is 239 g/mol. The van der Waals surface area contributed by atoms with Crippen molar-refractivity contribution in [2.75, 3.05) is 7.05 Å². The zero-order valence-electron chi connectivity index (χ0n) is 11.4. The molecule has 0 aliphatic carbocycles. The van der Waals surface area contributed by atoms with Gasteiger partial charge in [-0.3, -0.25) is 4.90 Å². The summed E-state index contributed by atoms with van der Waals surface area (Å²) in [6.45, 7) is 5.45. The van der Waals surface area contributed by atoms with Gasteiger partial charge in [0.1, 0.15) is 0 Å². The first-order valence-electron chi connectivity index (χ1n) is 6.51. The summed E-state index contributed by atoms with van der Waals surface area (Å²) < 4.78 is 0. The molecule has 0 spiro atoms. The third-order valence-electron chi connectivity index (χ3n) is 3.37. The second-order valence-electron chi connectivity index (χ2n) is 5.07. The fourth-order valence-electron chi connectivity index (χ4n) is 1.90. The molecular formula is C17H21N. The van der Waals surface area contributed by atoms with Gasteiger partial charge in [0.15, 0.2) is 0 Å². The quantitative estimate of drug-likeness (QED) is 0.773. The van der Waals surface area contributed by atoms with Crippen molar-refractivity contribution in [2.45, 2.75) is 26.4 Å². The maximum Gasteiger partial charge on any atom is 0.0233 e. The van der Waals surface area contributed by atoms with Crippen LogP contribution in [-0.2, 0) is 6.54 Å². The molecule has 0 aliphatic heterocycles. The topological polar surface area (TPSA) is 3.24 Å². The normalized spacial score (nSPS) is 11.2. The van der Waals surface area contributed by atoms with Gasteiger partial charge >= 0.3 is 0 Å². The maximum atomic E-state index is 2.34. The predicted octanol–water partition coefficient (Wildman–Crippen LogP) is 4.19. The fraction of sp³-hybridized carbons (Fsp3) is 0.294. The SMILES string of the molecule is CC(C)N(C)Cc1ccc(-c2ccccc2)cc1. The number of benzene rings is 2. The Balaban J connectivity index is 2.11. The van der Waals surface area contributed by atoms with Crippen molar-refractivity contribution in [2.24, 2.45) is 0 Å². The van der Waals surface area contributed by atoms with Crippen molar-refractivity contribution in [3.05, 3.63) is 60.2 Å². The average Bonchev–Trinajstić information content (AvgIpc) is 2.40. The molecule has 0 heterocycles. The van der Waals surface area contributed by atoms with Crippen LogP contribution in [-0.4, -0.2) is 18.0 Å². The molecule has 0 fully saturated rings. The standard InChI is InChI=1S/C17H21N/c1-14(2)18(3)13-15-9-11-17(12-10-15)16-7-5-4-6-8-16/h4-12,14H,13H2,1-3H3. The van der Waals surface area contributed by atoms with Crippen molar-refractivity contribution in [1.82, 2.24) is 4.90 Å². The van der Waals surface area contributed by atoms with Crippen molar-refractivity contribution < 1.29 is 0 Å². The highest BCUT2D eigenvalue weighted by Crippen LogP contribution is 2.19. The number of nitrogens with zero attached hydrogens (tertiary/aromatic N) is 1. The van der Waals surface area contributed by atoms with Gasteiger partial charge in [0.25, 0.3) is 0 Å². The van der Waals surface area contributed by atoms with Crippen LogP contribution < -0.4 is 0 Å². The Hall–Kier alpha value is -1.60. The van der Waals surface area contributed by atoms with Crippen LogP contribution in [0.2, 0.25) is 0 Å². The van der Waals surface area contributed by atoms with Crippen molar-refractivity contribution in [1.29, 1.82) is 0 Å². The van der Waals surface area contributed by atoms with Crippen molar-refractivity contribution >= 4 is 0 Å². The summed E-state index contributed by atoms with van der Waals surface area (Å²) in [6.07, 6.45) is 0. The molecule has 0 atom stereocenters. The van der Waals surface area contributed by atoms with E-state index in [2.05, 4.69) is 80.4 Å². The highest BCUT2D eigenvalue weighted by molar-refractivity contribution is 5.63. The Labute approximate surface area is 110 Å². The molecule has 2 rings (SSSR count). The average molecular weight is 239 g/mol. The third-order valence-corrected chi connectivity index (χ3v) is 3.37. The van der Waals surface area contributed by atoms with Crippen LogP contribution in [0.1, 0.15) is 19.4 Å². The lowest BCUT2D eigenvalue weighted by Crippen LogP contribution is -2.25. The molecule has 94 valence electrons. The van der Waals surface area contributed by atoms with E-state index in [-0.39, 0.29) is 0 Å². The van der Waals surface area contributed by atoms with Crippen molar-refractivity contribution in [3.8, 4) is 11.1 Å². The summed E-state index contributed by atoms with van der Waals surface area (Å²) in [5, 5.41) is 0. The first-order chi connectivity index (χ1) is 8.66. The van der Waals surface area contributed by atoms with Gasteiger partial charge in [0.05, 0.1) is 0 Å². The van der Waals surface area contributed by atoms with Crippen LogP contribution in [0, 0.1) is 0 Å². The molecule has 0 unspecified atom stereocenters. The maximum absolute atomic E-state index is 2.34. The van der Waals surface area contributed by atoms with Crippen LogP contribution in [0.5, 0.6) is 0 Å². The van der Waals surface area contributed by atoms with Gasteiger partial charge in [-0.1, -0.05) is 54.6 Å². The van der Waals surface area contributed by atoms with E-state index in [9.17, 15) is 0 Å². The Bertz CT molecular complexity index is 471. The number of rotatable bonds is 4. The largest absolute Gasteiger partial charge is 0.300 e. The molecule has 1 heteroatoms. The molecule has 0 saturated heterocycles. The Morgan fingerprint density at radius 2 is 1.39 bits per heavy atom. The second kappa shape index (κ2) is 5.83. The van der Waals surface area contributed by atoms with E-state index >= 15 is 0 Å². The van der Waals surface area contributed by atoms with Gasteiger partial charge in [-0.05, 0) is 37.6 Å². The van der Waals surface area contributed by atoms with Gasteiger partial charge in [-0.25, -0.2) is 0 Å². The summed E-state index contributed by atoms with van der Waals surface area (Å²) in [6, 6.07) is 19.9. The first-order valence-corrected chi connectivity index (χ1v) is 6.51. The summed E-state index contributed by atoms with van der Waals surface area (Å²) in [5.41, 5.74) is 3.93. The molecule has 2 aromatic rings. The lowest BCUT2D eigenvalue weighted by atomic mass is 10.0.